The Balaban J connectivity index is 2.37. The monoisotopic (exact) mass is 199 g/mol. The zero-order valence-corrected chi connectivity index (χ0v) is 8.19. The number of H-pyrrole nitrogens is 1. The van der Waals surface area contributed by atoms with Gasteiger partial charge in [-0.05, 0) is 18.6 Å². The van der Waals surface area contributed by atoms with Crippen LogP contribution in [0.1, 0.15) is 5.56 Å². The van der Waals surface area contributed by atoms with Gasteiger partial charge in [0.05, 0.1) is 24.4 Å². The largest absolute Gasteiger partial charge is 0.356 e. The molecule has 0 radical (unpaired) electrons. The van der Waals surface area contributed by atoms with Gasteiger partial charge in [-0.25, -0.2) is 4.98 Å². The average Bonchev–Trinajstić information content (AvgIpc) is 2.88. The van der Waals surface area contributed by atoms with Gasteiger partial charge in [0.15, 0.2) is 5.58 Å². The van der Waals surface area contributed by atoms with Gasteiger partial charge >= 0.3 is 0 Å². The van der Waals surface area contributed by atoms with Crippen LogP contribution < -0.4 is 0 Å². The van der Waals surface area contributed by atoms with Gasteiger partial charge in [0, 0.05) is 10.9 Å². The van der Waals surface area contributed by atoms with E-state index in [1.54, 1.807) is 18.7 Å². The van der Waals surface area contributed by atoms with Crippen LogP contribution in [0.2, 0.25) is 0 Å². The number of aromatic nitrogens is 3. The third-order valence-corrected chi connectivity index (χ3v) is 2.53. The van der Waals surface area contributed by atoms with E-state index >= 15 is 0 Å². The Labute approximate surface area is 85.9 Å². The number of hydrogen-bond acceptors (Lipinski definition) is 3. The zero-order chi connectivity index (χ0) is 10.3. The molecular weight excluding hydrogens is 190 g/mol. The molecule has 0 spiro atoms. The van der Waals surface area contributed by atoms with Crippen LogP contribution in [-0.4, -0.2) is 15.1 Å². The molecule has 0 bridgehead atoms. The number of rotatable bonds is 1. The van der Waals surface area contributed by atoms with Crippen molar-refractivity contribution < 1.29 is 4.52 Å². The van der Waals surface area contributed by atoms with Crippen LogP contribution in [0.3, 0.4) is 0 Å². The Morgan fingerprint density at radius 2 is 2.20 bits per heavy atom. The standard InChI is InChI=1S/C11H9N3O/c1-7-2-3-8(10-5-12-6-13-10)11-9(7)4-14-15-11/h2-6H,1H3,(H,12,13). The van der Waals surface area contributed by atoms with Crippen LogP contribution in [-0.2, 0) is 0 Å². The molecule has 0 fully saturated rings. The van der Waals surface area contributed by atoms with Crippen LogP contribution in [0, 0.1) is 6.92 Å². The molecule has 0 aliphatic heterocycles. The van der Waals surface area contributed by atoms with Gasteiger partial charge in [0.25, 0.3) is 0 Å². The molecule has 4 nitrogen and oxygen atoms in total. The van der Waals surface area contributed by atoms with Crippen molar-refractivity contribution in [2.75, 3.05) is 0 Å². The molecule has 0 amide bonds. The van der Waals surface area contributed by atoms with Crippen molar-refractivity contribution >= 4 is 11.0 Å². The molecule has 15 heavy (non-hydrogen) atoms. The SMILES string of the molecule is Cc1ccc(-c2cnc[nH]2)c2oncc12. The van der Waals surface area contributed by atoms with Crippen LogP contribution in [0.4, 0.5) is 0 Å². The van der Waals surface area contributed by atoms with E-state index < -0.39 is 0 Å². The minimum absolute atomic E-state index is 0.805. The topological polar surface area (TPSA) is 54.7 Å². The summed E-state index contributed by atoms with van der Waals surface area (Å²) in [6, 6.07) is 4.06. The van der Waals surface area contributed by atoms with Gasteiger partial charge in [-0.3, -0.25) is 0 Å². The van der Waals surface area contributed by atoms with Gasteiger partial charge in [0.1, 0.15) is 0 Å². The minimum atomic E-state index is 0.805. The molecular formula is C11H9N3O. The summed E-state index contributed by atoms with van der Waals surface area (Å²) in [5.74, 6) is 0. The lowest BCUT2D eigenvalue weighted by atomic mass is 10.1. The minimum Gasteiger partial charge on any atom is -0.356 e. The van der Waals surface area contributed by atoms with E-state index in [4.69, 9.17) is 4.52 Å². The first-order valence-corrected chi connectivity index (χ1v) is 4.69. The van der Waals surface area contributed by atoms with Crippen molar-refractivity contribution in [1.82, 2.24) is 15.1 Å². The summed E-state index contributed by atoms with van der Waals surface area (Å²) >= 11 is 0. The quantitative estimate of drug-likeness (QED) is 0.655. The lowest BCUT2D eigenvalue weighted by Gasteiger charge is -1.99. The summed E-state index contributed by atoms with van der Waals surface area (Å²) < 4.78 is 5.26. The molecule has 0 aliphatic carbocycles. The Morgan fingerprint density at radius 3 is 3.00 bits per heavy atom. The van der Waals surface area contributed by atoms with E-state index in [0.717, 1.165) is 27.8 Å². The van der Waals surface area contributed by atoms with Crippen molar-refractivity contribution in [2.45, 2.75) is 6.92 Å². The van der Waals surface area contributed by atoms with Gasteiger partial charge in [-0.15, -0.1) is 0 Å². The molecule has 4 heteroatoms. The predicted molar refractivity (Wildman–Crippen MR) is 56.3 cm³/mol. The smallest absolute Gasteiger partial charge is 0.176 e. The highest BCUT2D eigenvalue weighted by Crippen LogP contribution is 2.28. The second kappa shape index (κ2) is 2.95. The van der Waals surface area contributed by atoms with E-state index in [2.05, 4.69) is 21.2 Å². The van der Waals surface area contributed by atoms with Crippen molar-refractivity contribution in [2.24, 2.45) is 0 Å². The lowest BCUT2D eigenvalue weighted by molar-refractivity contribution is 0.457. The number of hydrogen-bond donors (Lipinski definition) is 1. The fourth-order valence-corrected chi connectivity index (χ4v) is 1.70. The van der Waals surface area contributed by atoms with Gasteiger partial charge in [-0.1, -0.05) is 11.2 Å². The number of fused-ring (bicyclic) bond motifs is 1. The second-order valence-electron chi connectivity index (χ2n) is 3.46. The molecule has 74 valence electrons. The van der Waals surface area contributed by atoms with E-state index in [9.17, 15) is 0 Å². The van der Waals surface area contributed by atoms with E-state index in [-0.39, 0.29) is 0 Å². The Morgan fingerprint density at radius 1 is 1.27 bits per heavy atom. The summed E-state index contributed by atoms with van der Waals surface area (Å²) in [7, 11) is 0. The molecule has 0 saturated heterocycles. The Hall–Kier alpha value is -2.10. The van der Waals surface area contributed by atoms with Gasteiger partial charge in [0.2, 0.25) is 0 Å². The summed E-state index contributed by atoms with van der Waals surface area (Å²) in [5.41, 5.74) is 3.90. The molecule has 0 saturated carbocycles. The van der Waals surface area contributed by atoms with Crippen molar-refractivity contribution in [3.05, 3.63) is 36.4 Å². The molecule has 2 heterocycles. The number of aromatic amines is 1. The highest BCUT2D eigenvalue weighted by molar-refractivity contribution is 5.92. The second-order valence-corrected chi connectivity index (χ2v) is 3.46. The number of nitrogens with zero attached hydrogens (tertiary/aromatic N) is 2. The molecule has 3 aromatic rings. The first kappa shape index (κ1) is 8.23. The van der Waals surface area contributed by atoms with Crippen LogP contribution in [0.15, 0.2) is 35.4 Å². The normalized spacial score (nSPS) is 11.0. The number of benzene rings is 1. The third kappa shape index (κ3) is 1.15. The Bertz CT molecular complexity index is 595. The maximum absolute atomic E-state index is 5.26. The van der Waals surface area contributed by atoms with Gasteiger partial charge in [-0.2, -0.15) is 0 Å². The van der Waals surface area contributed by atoms with Crippen LogP contribution >= 0.6 is 0 Å². The van der Waals surface area contributed by atoms with Crippen molar-refractivity contribution in [3.8, 4) is 11.3 Å². The predicted octanol–water partition coefficient (Wildman–Crippen LogP) is 2.53. The summed E-state index contributed by atoms with van der Waals surface area (Å²) in [6.45, 7) is 2.04. The van der Waals surface area contributed by atoms with Crippen LogP contribution in [0.25, 0.3) is 22.2 Å². The maximum atomic E-state index is 5.26. The highest BCUT2D eigenvalue weighted by Gasteiger charge is 2.10. The van der Waals surface area contributed by atoms with E-state index in [0.29, 0.717) is 0 Å². The van der Waals surface area contributed by atoms with Crippen LogP contribution in [0.5, 0.6) is 0 Å². The first-order valence-electron chi connectivity index (χ1n) is 4.69. The molecule has 0 aliphatic rings. The average molecular weight is 199 g/mol. The maximum Gasteiger partial charge on any atom is 0.176 e. The fraction of sp³-hybridized carbons (Fsp3) is 0.0909. The molecule has 1 aromatic carbocycles. The molecule has 1 N–H and O–H groups in total. The summed E-state index contributed by atoms with van der Waals surface area (Å²) in [6.07, 6.45) is 5.16. The zero-order valence-electron chi connectivity index (χ0n) is 8.19. The first-order chi connectivity index (χ1) is 7.36. The highest BCUT2D eigenvalue weighted by atomic mass is 16.5. The lowest BCUT2D eigenvalue weighted by Crippen LogP contribution is -1.80. The van der Waals surface area contributed by atoms with Gasteiger partial charge < -0.3 is 9.51 Å². The summed E-state index contributed by atoms with van der Waals surface area (Å²) in [4.78, 5) is 7.05. The molecule has 0 unspecified atom stereocenters. The summed E-state index contributed by atoms with van der Waals surface area (Å²) in [5, 5.41) is 4.87. The third-order valence-electron chi connectivity index (χ3n) is 2.53. The molecule has 0 atom stereocenters. The van der Waals surface area contributed by atoms with E-state index in [1.807, 2.05) is 13.0 Å². The number of nitrogens with one attached hydrogen (secondary N) is 1. The Kier molecular flexibility index (Phi) is 1.62. The van der Waals surface area contributed by atoms with Crippen molar-refractivity contribution in [3.63, 3.8) is 0 Å². The number of imidazole rings is 1. The molecule has 3 rings (SSSR count). The molecule has 2 aromatic heterocycles. The number of aryl methyl sites for hydroxylation is 1. The van der Waals surface area contributed by atoms with Crippen molar-refractivity contribution in [1.29, 1.82) is 0 Å². The fourth-order valence-electron chi connectivity index (χ4n) is 1.70. The van der Waals surface area contributed by atoms with E-state index in [1.165, 1.54) is 0 Å².